The zero-order valence-electron chi connectivity index (χ0n) is 16.8. The Labute approximate surface area is 186 Å². The molecule has 30 heavy (non-hydrogen) atoms. The number of urea groups is 1. The van der Waals surface area contributed by atoms with Crippen molar-refractivity contribution in [3.8, 4) is 0 Å². The molecule has 0 radical (unpaired) electrons. The highest BCUT2D eigenvalue weighted by atomic mass is 79.9. The lowest BCUT2D eigenvalue weighted by atomic mass is 10.1. The van der Waals surface area contributed by atoms with Gasteiger partial charge in [0.05, 0.1) is 16.7 Å². The van der Waals surface area contributed by atoms with E-state index in [0.717, 1.165) is 27.4 Å². The minimum Gasteiger partial charge on any atom is -0.307 e. The number of nitrogens with one attached hydrogen (secondary N) is 2. The summed E-state index contributed by atoms with van der Waals surface area (Å²) in [7, 11) is 0. The topological polar surface area (TPSA) is 93.1 Å². The molecule has 9 heteroatoms. The van der Waals surface area contributed by atoms with Crippen molar-refractivity contribution in [1.82, 2.24) is 14.9 Å². The van der Waals surface area contributed by atoms with Crippen LogP contribution >= 0.6 is 27.7 Å². The van der Waals surface area contributed by atoms with E-state index in [-0.39, 0.29) is 11.3 Å². The highest BCUT2D eigenvalue weighted by molar-refractivity contribution is 9.10. The molecule has 3 amide bonds. The van der Waals surface area contributed by atoms with Crippen molar-refractivity contribution in [3.05, 3.63) is 62.4 Å². The molecule has 0 aliphatic heterocycles. The first kappa shape index (κ1) is 22.0. The second kappa shape index (κ2) is 9.44. The lowest BCUT2D eigenvalue weighted by molar-refractivity contribution is -0.117. The fourth-order valence-electron chi connectivity index (χ4n) is 2.96. The first-order valence-electron chi connectivity index (χ1n) is 9.29. The molecule has 2 aromatic carbocycles. The van der Waals surface area contributed by atoms with Gasteiger partial charge < -0.3 is 5.32 Å². The van der Waals surface area contributed by atoms with Crippen molar-refractivity contribution in [2.45, 2.75) is 32.5 Å². The number of anilines is 1. The standard InChI is InChI=1S/C21H21BrN4O3S/c1-4-26-19(28)15-10-14(22)6-8-17(15)24-21(26)30-11-18(27)25-20(29)23-16-7-5-12(2)9-13(16)3/h5-10H,4,11H2,1-3H3,(H2,23,25,27,29). The van der Waals surface area contributed by atoms with Crippen molar-refractivity contribution in [3.63, 3.8) is 0 Å². The molecule has 0 fully saturated rings. The third kappa shape index (κ3) is 5.09. The Hall–Kier alpha value is -2.65. The summed E-state index contributed by atoms with van der Waals surface area (Å²) in [5.74, 6) is -0.524. The molecule has 0 saturated carbocycles. The number of imide groups is 1. The van der Waals surface area contributed by atoms with Crippen LogP contribution in [0.1, 0.15) is 18.1 Å². The number of halogens is 1. The Morgan fingerprint density at radius 2 is 1.93 bits per heavy atom. The van der Waals surface area contributed by atoms with Crippen molar-refractivity contribution >= 4 is 56.2 Å². The molecule has 0 atom stereocenters. The number of carbonyl (C=O) groups excluding carboxylic acids is 2. The number of nitrogens with zero attached hydrogens (tertiary/aromatic N) is 2. The van der Waals surface area contributed by atoms with Crippen LogP contribution in [0.25, 0.3) is 10.9 Å². The van der Waals surface area contributed by atoms with Gasteiger partial charge in [-0.25, -0.2) is 9.78 Å². The van der Waals surface area contributed by atoms with Gasteiger partial charge in [0.1, 0.15) is 0 Å². The molecule has 3 aromatic rings. The van der Waals surface area contributed by atoms with Gasteiger partial charge >= 0.3 is 6.03 Å². The summed E-state index contributed by atoms with van der Waals surface area (Å²) in [4.78, 5) is 41.6. The van der Waals surface area contributed by atoms with E-state index < -0.39 is 11.9 Å². The molecule has 1 heterocycles. The van der Waals surface area contributed by atoms with E-state index in [9.17, 15) is 14.4 Å². The lowest BCUT2D eigenvalue weighted by Gasteiger charge is -2.12. The number of amides is 3. The van der Waals surface area contributed by atoms with Crippen molar-refractivity contribution in [2.75, 3.05) is 11.1 Å². The molecule has 2 N–H and O–H groups in total. The van der Waals surface area contributed by atoms with Gasteiger partial charge in [-0.15, -0.1) is 0 Å². The van der Waals surface area contributed by atoms with Crippen molar-refractivity contribution in [2.24, 2.45) is 0 Å². The van der Waals surface area contributed by atoms with Gasteiger partial charge in [0.2, 0.25) is 5.91 Å². The number of thioether (sulfide) groups is 1. The zero-order valence-corrected chi connectivity index (χ0v) is 19.2. The predicted molar refractivity (Wildman–Crippen MR) is 123 cm³/mol. The molecule has 0 aliphatic rings. The molecule has 1 aromatic heterocycles. The normalized spacial score (nSPS) is 10.8. The van der Waals surface area contributed by atoms with Crippen LogP contribution in [0, 0.1) is 13.8 Å². The summed E-state index contributed by atoms with van der Waals surface area (Å²) in [6.07, 6.45) is 0. The van der Waals surface area contributed by atoms with Crippen LogP contribution in [0.5, 0.6) is 0 Å². The second-order valence-electron chi connectivity index (χ2n) is 6.71. The van der Waals surface area contributed by atoms with E-state index in [1.165, 1.54) is 4.57 Å². The number of fused-ring (bicyclic) bond motifs is 1. The molecule has 0 bridgehead atoms. The monoisotopic (exact) mass is 488 g/mol. The van der Waals surface area contributed by atoms with Gasteiger partial charge in [-0.3, -0.25) is 19.5 Å². The zero-order chi connectivity index (χ0) is 21.8. The molecular weight excluding hydrogens is 468 g/mol. The molecule has 0 unspecified atom stereocenters. The highest BCUT2D eigenvalue weighted by Gasteiger charge is 2.14. The molecule has 156 valence electrons. The predicted octanol–water partition coefficient (Wildman–Crippen LogP) is 4.24. The number of aryl methyl sites for hydroxylation is 2. The maximum absolute atomic E-state index is 12.7. The average Bonchev–Trinajstić information content (AvgIpc) is 2.69. The molecule has 0 saturated heterocycles. The Kier molecular flexibility index (Phi) is 6.94. The minimum atomic E-state index is -0.600. The first-order valence-corrected chi connectivity index (χ1v) is 11.1. The van der Waals surface area contributed by atoms with Crippen LogP contribution in [0.4, 0.5) is 10.5 Å². The molecule has 0 aliphatic carbocycles. The van der Waals surface area contributed by atoms with E-state index in [1.54, 1.807) is 18.2 Å². The summed E-state index contributed by atoms with van der Waals surface area (Å²) in [5, 5.41) is 5.92. The van der Waals surface area contributed by atoms with Crippen molar-refractivity contribution < 1.29 is 9.59 Å². The minimum absolute atomic E-state index is 0.0469. The first-order chi connectivity index (χ1) is 14.3. The summed E-state index contributed by atoms with van der Waals surface area (Å²) in [6.45, 7) is 6.11. The van der Waals surface area contributed by atoms with Gasteiger partial charge in [0, 0.05) is 16.7 Å². The highest BCUT2D eigenvalue weighted by Crippen LogP contribution is 2.20. The number of benzene rings is 2. The summed E-state index contributed by atoms with van der Waals surface area (Å²) >= 11 is 4.48. The Balaban J connectivity index is 1.68. The Morgan fingerprint density at radius 1 is 1.17 bits per heavy atom. The molecule has 7 nitrogen and oxygen atoms in total. The molecule has 0 spiro atoms. The fourth-order valence-corrected chi connectivity index (χ4v) is 4.19. The van der Waals surface area contributed by atoms with E-state index in [0.29, 0.717) is 28.3 Å². The number of rotatable bonds is 5. The largest absolute Gasteiger partial charge is 0.325 e. The third-order valence-corrected chi connectivity index (χ3v) is 5.88. The number of carbonyl (C=O) groups is 2. The van der Waals surface area contributed by atoms with E-state index >= 15 is 0 Å². The van der Waals surface area contributed by atoms with Gasteiger partial charge in [0.15, 0.2) is 5.16 Å². The van der Waals surface area contributed by atoms with Crippen LogP contribution in [0.3, 0.4) is 0 Å². The smallest absolute Gasteiger partial charge is 0.307 e. The summed E-state index contributed by atoms with van der Waals surface area (Å²) < 4.78 is 2.31. The van der Waals surface area contributed by atoms with E-state index in [4.69, 9.17) is 0 Å². The quantitative estimate of drug-likeness (QED) is 0.413. The van der Waals surface area contributed by atoms with E-state index in [2.05, 4.69) is 31.5 Å². The second-order valence-corrected chi connectivity index (χ2v) is 8.57. The van der Waals surface area contributed by atoms with Crippen LogP contribution in [-0.2, 0) is 11.3 Å². The number of hydrogen-bond donors (Lipinski definition) is 2. The summed E-state index contributed by atoms with van der Waals surface area (Å²) in [5.41, 5.74) is 3.03. The SMILES string of the molecule is CCn1c(SCC(=O)NC(=O)Nc2ccc(C)cc2C)nc2ccc(Br)cc2c1=O. The van der Waals surface area contributed by atoms with Crippen LogP contribution in [0.15, 0.2) is 50.8 Å². The van der Waals surface area contributed by atoms with Gasteiger partial charge in [-0.1, -0.05) is 45.4 Å². The van der Waals surface area contributed by atoms with E-state index in [1.807, 2.05) is 39.0 Å². The number of aromatic nitrogens is 2. The third-order valence-electron chi connectivity index (χ3n) is 4.41. The maximum atomic E-state index is 12.7. The molecule has 3 rings (SSSR count). The summed E-state index contributed by atoms with van der Waals surface area (Å²) in [6, 6.07) is 10.3. The van der Waals surface area contributed by atoms with Crippen LogP contribution in [0.2, 0.25) is 0 Å². The fraction of sp³-hybridized carbons (Fsp3) is 0.238. The van der Waals surface area contributed by atoms with Gasteiger partial charge in [-0.05, 0) is 50.6 Å². The van der Waals surface area contributed by atoms with Crippen LogP contribution < -0.4 is 16.2 Å². The van der Waals surface area contributed by atoms with Gasteiger partial charge in [-0.2, -0.15) is 0 Å². The number of hydrogen-bond acceptors (Lipinski definition) is 5. The average molecular weight is 489 g/mol. The Bertz CT molecular complexity index is 1190. The van der Waals surface area contributed by atoms with Gasteiger partial charge in [0.25, 0.3) is 5.56 Å². The lowest BCUT2D eigenvalue weighted by Crippen LogP contribution is -2.35. The van der Waals surface area contributed by atoms with Crippen LogP contribution in [-0.4, -0.2) is 27.2 Å². The maximum Gasteiger partial charge on any atom is 0.325 e. The molecular formula is C21H21BrN4O3S. The van der Waals surface area contributed by atoms with Crippen molar-refractivity contribution in [1.29, 1.82) is 0 Å². The Morgan fingerprint density at radius 3 is 2.63 bits per heavy atom.